The van der Waals surface area contributed by atoms with Gasteiger partial charge in [0.1, 0.15) is 0 Å². The number of hydrogen-bond donors (Lipinski definition) is 1. The van der Waals surface area contributed by atoms with E-state index in [9.17, 15) is 4.79 Å². The fourth-order valence-electron chi connectivity index (χ4n) is 3.26. The van der Waals surface area contributed by atoms with Gasteiger partial charge in [-0.05, 0) is 30.5 Å². The van der Waals surface area contributed by atoms with Crippen LogP contribution >= 0.6 is 0 Å². The highest BCUT2D eigenvalue weighted by Crippen LogP contribution is 2.06. The van der Waals surface area contributed by atoms with Crippen LogP contribution in [0, 0.1) is 0 Å². The van der Waals surface area contributed by atoms with Gasteiger partial charge in [0.25, 0.3) is 0 Å². The number of aromatic nitrogens is 1. The number of nitrogens with one attached hydrogen (secondary N) is 1. The fraction of sp³-hybridized carbons (Fsp3) is 0.364. The molecular formula is C22H28N4O. The lowest BCUT2D eigenvalue weighted by molar-refractivity contribution is 0.145. The Labute approximate surface area is 161 Å². The summed E-state index contributed by atoms with van der Waals surface area (Å²) in [6.07, 6.45) is 8.76. The second kappa shape index (κ2) is 9.88. The van der Waals surface area contributed by atoms with Crippen molar-refractivity contribution in [1.29, 1.82) is 0 Å². The normalized spacial score (nSPS) is 16.4. The maximum Gasteiger partial charge on any atom is 0.317 e. The highest BCUT2D eigenvalue weighted by Gasteiger charge is 2.21. The first-order valence-electron chi connectivity index (χ1n) is 9.59. The van der Waals surface area contributed by atoms with Gasteiger partial charge in [-0.3, -0.25) is 9.88 Å². The van der Waals surface area contributed by atoms with Crippen LogP contribution in [0.15, 0.2) is 60.9 Å². The quantitative estimate of drug-likeness (QED) is 0.857. The van der Waals surface area contributed by atoms with Crippen molar-refractivity contribution in [2.75, 3.05) is 32.7 Å². The van der Waals surface area contributed by atoms with Crippen LogP contribution < -0.4 is 5.32 Å². The molecule has 1 aliphatic rings. The van der Waals surface area contributed by atoms with E-state index in [0.717, 1.165) is 44.7 Å². The standard InChI is InChI=1S/C22H28N4O/c1-19(17-21-9-5-11-23-18-21)24-22(27)26-15-13-25(14-16-26)12-6-10-20-7-3-2-4-8-20/h2-11,18-19H,12-17H2,1H3,(H,24,27)/b10-6+/t19-/m1/s1. The van der Waals surface area contributed by atoms with Crippen molar-refractivity contribution >= 4 is 12.1 Å². The Morgan fingerprint density at radius 1 is 1.15 bits per heavy atom. The Kier molecular flexibility index (Phi) is 6.99. The molecule has 0 saturated carbocycles. The van der Waals surface area contributed by atoms with E-state index < -0.39 is 0 Å². The minimum atomic E-state index is 0.0332. The number of benzene rings is 1. The van der Waals surface area contributed by atoms with Gasteiger partial charge in [0.05, 0.1) is 0 Å². The van der Waals surface area contributed by atoms with Crippen molar-refractivity contribution in [3.8, 4) is 0 Å². The fourth-order valence-corrected chi connectivity index (χ4v) is 3.26. The van der Waals surface area contributed by atoms with Gasteiger partial charge in [0.2, 0.25) is 0 Å². The number of hydrogen-bond acceptors (Lipinski definition) is 3. The van der Waals surface area contributed by atoms with Gasteiger partial charge in [-0.2, -0.15) is 0 Å². The minimum absolute atomic E-state index is 0.0332. The smallest absolute Gasteiger partial charge is 0.317 e. The molecule has 2 amide bonds. The van der Waals surface area contributed by atoms with Crippen molar-refractivity contribution in [2.45, 2.75) is 19.4 Å². The maximum absolute atomic E-state index is 12.5. The lowest BCUT2D eigenvalue weighted by Crippen LogP contribution is -2.53. The number of carbonyl (C=O) groups is 1. The largest absolute Gasteiger partial charge is 0.335 e. The molecule has 1 aromatic carbocycles. The third-order valence-corrected chi connectivity index (χ3v) is 4.77. The summed E-state index contributed by atoms with van der Waals surface area (Å²) >= 11 is 0. The van der Waals surface area contributed by atoms with Crippen LogP contribution in [0.1, 0.15) is 18.1 Å². The number of pyridine rings is 1. The average molecular weight is 364 g/mol. The number of piperazine rings is 1. The Morgan fingerprint density at radius 2 is 1.93 bits per heavy atom. The van der Waals surface area contributed by atoms with Crippen LogP contribution in [0.3, 0.4) is 0 Å². The van der Waals surface area contributed by atoms with Crippen LogP contribution in [-0.4, -0.2) is 59.6 Å². The summed E-state index contributed by atoms with van der Waals surface area (Å²) in [4.78, 5) is 20.9. The highest BCUT2D eigenvalue weighted by atomic mass is 16.2. The highest BCUT2D eigenvalue weighted by molar-refractivity contribution is 5.74. The van der Waals surface area contributed by atoms with Crippen LogP contribution in [0.25, 0.3) is 6.08 Å². The predicted octanol–water partition coefficient (Wildman–Crippen LogP) is 3.05. The van der Waals surface area contributed by atoms with Crippen LogP contribution in [0.2, 0.25) is 0 Å². The first kappa shape index (κ1) is 19.1. The van der Waals surface area contributed by atoms with Gasteiger partial charge in [-0.25, -0.2) is 4.79 Å². The summed E-state index contributed by atoms with van der Waals surface area (Å²) in [7, 11) is 0. The summed E-state index contributed by atoms with van der Waals surface area (Å²) in [6.45, 7) is 6.31. The van der Waals surface area contributed by atoms with E-state index in [0.29, 0.717) is 0 Å². The van der Waals surface area contributed by atoms with Gasteiger partial charge in [-0.15, -0.1) is 0 Å². The first-order valence-corrected chi connectivity index (χ1v) is 9.59. The molecular weight excluding hydrogens is 336 g/mol. The molecule has 0 aliphatic carbocycles. The zero-order valence-corrected chi connectivity index (χ0v) is 15.9. The molecule has 1 aromatic heterocycles. The van der Waals surface area contributed by atoms with Gasteiger partial charge < -0.3 is 10.2 Å². The summed E-state index contributed by atoms with van der Waals surface area (Å²) in [5.41, 5.74) is 2.36. The zero-order chi connectivity index (χ0) is 18.9. The van der Waals surface area contributed by atoms with Crippen molar-refractivity contribution in [2.24, 2.45) is 0 Å². The SMILES string of the molecule is C[C@H](Cc1cccnc1)NC(=O)N1CCN(C/C=C/c2ccccc2)CC1. The molecule has 0 bridgehead atoms. The molecule has 5 heteroatoms. The Morgan fingerprint density at radius 3 is 2.63 bits per heavy atom. The molecule has 27 heavy (non-hydrogen) atoms. The van der Waals surface area contributed by atoms with E-state index in [1.807, 2.05) is 48.4 Å². The molecule has 1 saturated heterocycles. The first-order chi connectivity index (χ1) is 13.2. The van der Waals surface area contributed by atoms with E-state index in [-0.39, 0.29) is 12.1 Å². The topological polar surface area (TPSA) is 48.5 Å². The molecule has 1 fully saturated rings. The van der Waals surface area contributed by atoms with Gasteiger partial charge in [0.15, 0.2) is 0 Å². The number of carbonyl (C=O) groups excluding carboxylic acids is 1. The van der Waals surface area contributed by atoms with E-state index in [1.54, 1.807) is 6.20 Å². The summed E-state index contributed by atoms with van der Waals surface area (Å²) in [5, 5.41) is 3.10. The van der Waals surface area contributed by atoms with E-state index in [2.05, 4.69) is 39.5 Å². The Hall–Kier alpha value is -2.66. The predicted molar refractivity (Wildman–Crippen MR) is 109 cm³/mol. The van der Waals surface area contributed by atoms with Crippen LogP contribution in [0.5, 0.6) is 0 Å². The van der Waals surface area contributed by atoms with Crippen LogP contribution in [0.4, 0.5) is 4.79 Å². The van der Waals surface area contributed by atoms with Crippen molar-refractivity contribution in [1.82, 2.24) is 20.1 Å². The lowest BCUT2D eigenvalue weighted by atomic mass is 10.1. The summed E-state index contributed by atoms with van der Waals surface area (Å²) < 4.78 is 0. The molecule has 0 spiro atoms. The number of nitrogens with zero attached hydrogens (tertiary/aromatic N) is 3. The summed E-state index contributed by atoms with van der Waals surface area (Å²) in [6, 6.07) is 14.4. The van der Waals surface area contributed by atoms with E-state index in [4.69, 9.17) is 0 Å². The molecule has 2 aromatic rings. The number of amides is 2. The monoisotopic (exact) mass is 364 g/mol. The minimum Gasteiger partial charge on any atom is -0.335 e. The van der Waals surface area contributed by atoms with Crippen molar-refractivity contribution in [3.05, 3.63) is 72.1 Å². The van der Waals surface area contributed by atoms with Gasteiger partial charge in [0, 0.05) is 51.2 Å². The molecule has 3 rings (SSSR count). The van der Waals surface area contributed by atoms with Crippen molar-refractivity contribution < 1.29 is 4.79 Å². The van der Waals surface area contributed by atoms with Crippen LogP contribution in [-0.2, 0) is 6.42 Å². The van der Waals surface area contributed by atoms with E-state index >= 15 is 0 Å². The number of urea groups is 1. The molecule has 1 aliphatic heterocycles. The second-order valence-electron chi connectivity index (χ2n) is 7.02. The van der Waals surface area contributed by atoms with Gasteiger partial charge in [-0.1, -0.05) is 48.6 Å². The maximum atomic E-state index is 12.5. The summed E-state index contributed by atoms with van der Waals surface area (Å²) in [5.74, 6) is 0. The molecule has 2 heterocycles. The second-order valence-corrected chi connectivity index (χ2v) is 7.02. The number of rotatable bonds is 6. The average Bonchev–Trinajstić information content (AvgIpc) is 2.70. The van der Waals surface area contributed by atoms with Gasteiger partial charge >= 0.3 is 6.03 Å². The molecule has 0 unspecified atom stereocenters. The molecule has 0 radical (unpaired) electrons. The van der Waals surface area contributed by atoms with E-state index in [1.165, 1.54) is 5.56 Å². The third-order valence-electron chi connectivity index (χ3n) is 4.77. The molecule has 5 nitrogen and oxygen atoms in total. The molecule has 142 valence electrons. The molecule has 1 N–H and O–H groups in total. The molecule has 1 atom stereocenters. The third kappa shape index (κ3) is 6.22. The lowest BCUT2D eigenvalue weighted by Gasteiger charge is -2.34. The Bertz CT molecular complexity index is 724. The zero-order valence-electron chi connectivity index (χ0n) is 15.9. The van der Waals surface area contributed by atoms with Crippen molar-refractivity contribution in [3.63, 3.8) is 0 Å². The Balaban J connectivity index is 1.38.